The van der Waals surface area contributed by atoms with Crippen molar-refractivity contribution in [1.82, 2.24) is 0 Å². The Bertz CT molecular complexity index is 1410. The fourth-order valence-corrected chi connectivity index (χ4v) is 8.42. The third-order valence-corrected chi connectivity index (χ3v) is 12.9. The van der Waals surface area contributed by atoms with Crippen LogP contribution in [0.2, 0.25) is 0 Å². The molecule has 0 amide bonds. The van der Waals surface area contributed by atoms with Crippen LogP contribution < -0.4 is 0 Å². The largest absolute Gasteiger partial charge is 0.472 e. The van der Waals surface area contributed by atoms with Crippen LogP contribution in [-0.4, -0.2) is 66.5 Å². The molecule has 3 atom stereocenters. The van der Waals surface area contributed by atoms with Gasteiger partial charge in [0.1, 0.15) is 12.7 Å². The highest BCUT2D eigenvalue weighted by Gasteiger charge is 2.28. The maximum atomic E-state index is 12.9. The molecule has 12 heteroatoms. The molecule has 0 saturated carbocycles. The lowest BCUT2D eigenvalue weighted by Crippen LogP contribution is -2.30. The van der Waals surface area contributed by atoms with Crippen molar-refractivity contribution in [3.63, 3.8) is 0 Å². The van der Waals surface area contributed by atoms with E-state index in [0.29, 0.717) is 19.3 Å². The highest BCUT2D eigenvalue weighted by Crippen LogP contribution is 2.43. The summed E-state index contributed by atoms with van der Waals surface area (Å²) in [6.45, 7) is 4.48. The van der Waals surface area contributed by atoms with Crippen LogP contribution >= 0.6 is 7.82 Å². The smallest absolute Gasteiger partial charge is 0.462 e. The Hall–Kier alpha value is -2.82. The van der Waals surface area contributed by atoms with E-state index in [1.165, 1.54) is 103 Å². The number of aliphatic hydroxyl groups is 1. The van der Waals surface area contributed by atoms with Crippen molar-refractivity contribution in [1.29, 1.82) is 0 Å². The Balaban J connectivity index is 4.78. The first-order valence-electron chi connectivity index (χ1n) is 28.2. The molecule has 0 radical (unpaired) electrons. The molecule has 3 unspecified atom stereocenters. The van der Waals surface area contributed by atoms with Gasteiger partial charge in [-0.2, -0.15) is 0 Å². The molecular formula is C58H103O11P. The molecule has 0 aliphatic carbocycles. The summed E-state index contributed by atoms with van der Waals surface area (Å²) >= 11 is 0. The summed E-state index contributed by atoms with van der Waals surface area (Å²) in [6.07, 6.45) is 56.1. The minimum Gasteiger partial charge on any atom is -0.462 e. The van der Waals surface area contributed by atoms with Gasteiger partial charge in [-0.1, -0.05) is 210 Å². The minimum atomic E-state index is -4.75. The van der Waals surface area contributed by atoms with Gasteiger partial charge in [-0.15, -0.1) is 0 Å². The van der Waals surface area contributed by atoms with Gasteiger partial charge in [0.2, 0.25) is 0 Å². The first-order valence-corrected chi connectivity index (χ1v) is 29.7. The molecule has 0 aromatic carbocycles. The number of allylic oxidation sites excluding steroid dienone is 10. The van der Waals surface area contributed by atoms with Crippen LogP contribution in [0.3, 0.4) is 0 Å². The third kappa shape index (κ3) is 50.1. The lowest BCUT2D eigenvalue weighted by atomic mass is 10.1. The highest BCUT2D eigenvalue weighted by atomic mass is 31.2. The summed E-state index contributed by atoms with van der Waals surface area (Å²) in [6, 6.07) is 0. The van der Waals surface area contributed by atoms with Crippen molar-refractivity contribution in [2.75, 3.05) is 26.4 Å². The molecule has 11 nitrogen and oxygen atoms in total. The van der Waals surface area contributed by atoms with Crippen LogP contribution in [0, 0.1) is 0 Å². The van der Waals surface area contributed by atoms with E-state index in [1.54, 1.807) is 0 Å². The molecule has 2 N–H and O–H groups in total. The minimum absolute atomic E-state index is 0.154. The molecule has 0 fully saturated rings. The van der Waals surface area contributed by atoms with Gasteiger partial charge in [-0.05, 0) is 83.5 Å². The lowest BCUT2D eigenvalue weighted by Gasteiger charge is -2.21. The number of carbonyl (C=O) groups is 3. The number of aliphatic hydroxyl groups excluding tert-OH is 1. The van der Waals surface area contributed by atoms with Crippen LogP contribution in [0.15, 0.2) is 60.8 Å². The van der Waals surface area contributed by atoms with Gasteiger partial charge in [0, 0.05) is 19.3 Å². The number of unbranched alkanes of at least 4 members (excludes halogenated alkanes) is 25. The van der Waals surface area contributed by atoms with Crippen LogP contribution in [0.25, 0.3) is 0 Å². The van der Waals surface area contributed by atoms with E-state index < -0.39 is 57.8 Å². The average molecular weight is 1010 g/mol. The zero-order valence-corrected chi connectivity index (χ0v) is 45.6. The summed E-state index contributed by atoms with van der Waals surface area (Å²) in [5.74, 6) is -1.51. The number of rotatable bonds is 52. The second-order valence-corrected chi connectivity index (χ2v) is 20.2. The summed E-state index contributed by atoms with van der Waals surface area (Å²) < 4.78 is 39.4. The van der Waals surface area contributed by atoms with Gasteiger partial charge in [0.15, 0.2) is 6.10 Å². The number of esters is 3. The summed E-state index contributed by atoms with van der Waals surface area (Å²) in [5, 5.41) is 9.78. The molecule has 70 heavy (non-hydrogen) atoms. The molecule has 0 bridgehead atoms. The molecule has 0 heterocycles. The van der Waals surface area contributed by atoms with Gasteiger partial charge < -0.3 is 24.2 Å². The molecular weight excluding hydrogens is 904 g/mol. The Kier molecular flexibility index (Phi) is 50.4. The van der Waals surface area contributed by atoms with Gasteiger partial charge in [0.25, 0.3) is 0 Å². The van der Waals surface area contributed by atoms with Gasteiger partial charge in [-0.3, -0.25) is 23.4 Å². The standard InChI is InChI=1S/C58H103O11P/c1-4-7-10-13-16-19-22-24-26-27-29-31-34-37-40-43-46-49-58(62)69-55(51-65-56(60)47-44-41-38-35-33-30-28-25-23-20-17-14-11-8-5-2)53-67-70(63,64)66-52-54(50-59)68-57(61)48-45-42-39-36-32-21-18-15-12-9-6-3/h8,11,17,20,24-26,28,33,35,54-55,59H,4-7,9-10,12-16,18-19,21-23,27,29-32,34,36-53H2,1-3H3,(H,63,64)/b11-8-,20-17-,26-24-,28-25-,35-33-. The van der Waals surface area contributed by atoms with Gasteiger partial charge >= 0.3 is 25.7 Å². The SMILES string of the molecule is CC/C=C\C/C=C\C/C=C\C/C=C\CCCCC(=O)OCC(COP(=O)(O)OCC(CO)OC(=O)CCCCCCCCCCCCC)OC(=O)CCCCCCCCC/C=C\CCCCCCCC. The second kappa shape index (κ2) is 52.5. The number of phosphoric ester groups is 1. The summed E-state index contributed by atoms with van der Waals surface area (Å²) in [5.41, 5.74) is 0. The molecule has 0 aromatic rings. The summed E-state index contributed by atoms with van der Waals surface area (Å²) in [7, 11) is -4.75. The predicted octanol–water partition coefficient (Wildman–Crippen LogP) is 16.4. The lowest BCUT2D eigenvalue weighted by molar-refractivity contribution is -0.161. The van der Waals surface area contributed by atoms with Crippen LogP contribution in [0.1, 0.15) is 252 Å². The molecule has 0 aromatic heterocycles. The van der Waals surface area contributed by atoms with Crippen molar-refractivity contribution in [3.05, 3.63) is 60.8 Å². The topological polar surface area (TPSA) is 155 Å². The first-order chi connectivity index (χ1) is 34.2. The van der Waals surface area contributed by atoms with E-state index in [1.807, 2.05) is 0 Å². The molecule has 0 rings (SSSR count). The molecule has 0 aliphatic heterocycles. The average Bonchev–Trinajstić information content (AvgIpc) is 3.35. The van der Waals surface area contributed by atoms with E-state index in [0.717, 1.165) is 89.9 Å². The normalized spacial score (nSPS) is 13.8. The number of hydrogen-bond acceptors (Lipinski definition) is 10. The van der Waals surface area contributed by atoms with E-state index in [9.17, 15) is 28.9 Å². The fraction of sp³-hybridized carbons (Fsp3) is 0.776. The third-order valence-electron chi connectivity index (χ3n) is 11.9. The van der Waals surface area contributed by atoms with Crippen LogP contribution in [0.4, 0.5) is 0 Å². The first kappa shape index (κ1) is 67.2. The van der Waals surface area contributed by atoms with E-state index in [2.05, 4.69) is 81.5 Å². The van der Waals surface area contributed by atoms with Gasteiger partial charge in [-0.25, -0.2) is 4.57 Å². The van der Waals surface area contributed by atoms with Crippen molar-refractivity contribution in [3.8, 4) is 0 Å². The van der Waals surface area contributed by atoms with Crippen LogP contribution in [-0.2, 0) is 42.2 Å². The van der Waals surface area contributed by atoms with Crippen LogP contribution in [0.5, 0.6) is 0 Å². The van der Waals surface area contributed by atoms with E-state index in [-0.39, 0.29) is 25.9 Å². The molecule has 406 valence electrons. The van der Waals surface area contributed by atoms with Crippen molar-refractivity contribution in [2.24, 2.45) is 0 Å². The number of carbonyl (C=O) groups excluding carboxylic acids is 3. The second-order valence-electron chi connectivity index (χ2n) is 18.7. The Labute approximate surface area is 427 Å². The molecule has 0 aliphatic rings. The number of hydrogen-bond donors (Lipinski definition) is 2. The summed E-state index contributed by atoms with van der Waals surface area (Å²) in [4.78, 5) is 48.4. The van der Waals surface area contributed by atoms with Gasteiger partial charge in [0.05, 0.1) is 19.8 Å². The molecule has 0 spiro atoms. The van der Waals surface area contributed by atoms with E-state index >= 15 is 0 Å². The Morgan fingerprint density at radius 3 is 1.19 bits per heavy atom. The monoisotopic (exact) mass is 1010 g/mol. The van der Waals surface area contributed by atoms with Crippen molar-refractivity contribution >= 4 is 25.7 Å². The highest BCUT2D eigenvalue weighted by molar-refractivity contribution is 7.47. The Morgan fingerprint density at radius 1 is 0.414 bits per heavy atom. The van der Waals surface area contributed by atoms with Crippen molar-refractivity contribution in [2.45, 2.75) is 264 Å². The van der Waals surface area contributed by atoms with E-state index in [4.69, 9.17) is 23.3 Å². The quantitative estimate of drug-likeness (QED) is 0.0197. The zero-order chi connectivity index (χ0) is 51.3. The number of phosphoric acid groups is 1. The maximum Gasteiger partial charge on any atom is 0.472 e. The molecule has 0 saturated heterocycles. The zero-order valence-electron chi connectivity index (χ0n) is 44.7. The fourth-order valence-electron chi connectivity index (χ4n) is 7.64. The van der Waals surface area contributed by atoms with Crippen molar-refractivity contribution < 1.29 is 52.2 Å². The Morgan fingerprint density at radius 2 is 0.743 bits per heavy atom. The maximum absolute atomic E-state index is 12.9. The predicted molar refractivity (Wildman–Crippen MR) is 288 cm³/mol. The number of ether oxygens (including phenoxy) is 3.